The number of rotatable bonds is 15. The summed E-state index contributed by atoms with van der Waals surface area (Å²) in [7, 11) is 0. The normalized spacial score (nSPS) is 18.5. The highest BCUT2D eigenvalue weighted by molar-refractivity contribution is 7.08. The van der Waals surface area contributed by atoms with Gasteiger partial charge in [-0.1, -0.05) is 48.5 Å². The van der Waals surface area contributed by atoms with E-state index in [4.69, 9.17) is 4.74 Å². The molecule has 4 aromatic heterocycles. The lowest BCUT2D eigenvalue weighted by molar-refractivity contribution is -0.143. The summed E-state index contributed by atoms with van der Waals surface area (Å²) in [6, 6.07) is 22.7. The molecule has 2 amide bonds. The smallest absolute Gasteiger partial charge is 0.405 e. The second kappa shape index (κ2) is 22.4. The lowest BCUT2D eigenvalue weighted by Crippen LogP contribution is -2.60. The van der Waals surface area contributed by atoms with Gasteiger partial charge in [-0.05, 0) is 86.9 Å². The van der Waals surface area contributed by atoms with Gasteiger partial charge < -0.3 is 25.6 Å². The van der Waals surface area contributed by atoms with Crippen LogP contribution in [0.2, 0.25) is 0 Å². The third-order valence-corrected chi connectivity index (χ3v) is 12.6. The number of hydrogen-bond acceptors (Lipinski definition) is 12. The molecule has 0 radical (unpaired) electrons. The molecule has 2 aromatic carbocycles. The third kappa shape index (κ3) is 13.4. The Morgan fingerprint density at radius 3 is 2.26 bits per heavy atom. The summed E-state index contributed by atoms with van der Waals surface area (Å²) in [6.45, 7) is -0.125. The van der Waals surface area contributed by atoms with E-state index in [1.54, 1.807) is 76.6 Å². The van der Waals surface area contributed by atoms with Crippen LogP contribution in [0.15, 0.2) is 125 Å². The van der Waals surface area contributed by atoms with E-state index in [1.165, 1.54) is 0 Å². The van der Waals surface area contributed by atoms with E-state index in [-0.39, 0.29) is 32.0 Å². The molecule has 0 unspecified atom stereocenters. The van der Waals surface area contributed by atoms with Crippen LogP contribution in [0.5, 0.6) is 5.75 Å². The highest BCUT2D eigenvalue weighted by Gasteiger charge is 2.38. The van der Waals surface area contributed by atoms with Crippen molar-refractivity contribution in [3.05, 3.63) is 147 Å². The Balaban J connectivity index is 0.000000413. The standard InChI is InChI=1S/C38H42F3N5O5S.C10H7NOS/c39-38(40,41)24-43-37(50)32-21-45(19-26-15-29(18-42-17-26)27-10-13-52-23-27)11-12-46(32)20-30(47)16-28(14-25-6-2-1-3-7-25)36(49)44-35-31-8-4-5-9-34(31)51-22-33(35)48;12-6-8-3-10(5-11-4-8)9-1-2-13-7-9/h1-10,13,15,17-18,23,28,30,32-33,35,47-48H,11-12,14,16,19-22,24H2,(H,43,50)(H,44,49);1-7H/t28-,30+,32+,33-,35+;/m1./s1. The number of nitrogens with zero attached hydrogens (tertiary/aromatic N) is 4. The number of alkyl halides is 3. The second-order valence-corrected chi connectivity index (χ2v) is 17.5. The number of aldehydes is 1. The number of ether oxygens (including phenoxy) is 1. The molecule has 5 atom stereocenters. The Kier molecular flexibility index (Phi) is 16.2. The SMILES string of the molecule is O=C(N[C@H]1c2ccccc2OC[C@H]1O)[C@H](Cc1ccccc1)C[C@H](O)CN1CCN(Cc2cncc(-c3ccsc3)c2)C[C@H]1C(=O)NCC(F)(F)F.O=Cc1cncc(-c2ccsc2)c1. The molecule has 0 bridgehead atoms. The number of fused-ring (bicyclic) bond motifs is 1. The fraction of sp³-hybridized carbons (Fsp3) is 0.312. The Morgan fingerprint density at radius 2 is 1.57 bits per heavy atom. The predicted octanol–water partition coefficient (Wildman–Crippen LogP) is 6.82. The molecule has 1 saturated heterocycles. The number of thiophene rings is 2. The molecule has 0 spiro atoms. The third-order valence-electron chi connectivity index (χ3n) is 11.2. The average Bonchev–Trinajstić information content (AvgIpc) is 4.07. The largest absolute Gasteiger partial charge is 0.490 e. The van der Waals surface area contributed by atoms with Gasteiger partial charge in [0.05, 0.1) is 12.1 Å². The molecule has 2 aliphatic heterocycles. The van der Waals surface area contributed by atoms with Crippen molar-refractivity contribution in [1.82, 2.24) is 30.4 Å². The van der Waals surface area contributed by atoms with E-state index >= 15 is 0 Å². The van der Waals surface area contributed by atoms with Gasteiger partial charge in [0.1, 0.15) is 31.0 Å². The first-order chi connectivity index (χ1) is 31.4. The number of β-amino-alcohol motifs (C(OH)–C–C–N with tert-alkyl or cyclic N) is 1. The molecular formula is C48H49F3N6O6S2. The number of aliphatic hydroxyl groups is 2. The highest BCUT2D eigenvalue weighted by atomic mass is 32.1. The number of nitrogens with one attached hydrogen (secondary N) is 2. The van der Waals surface area contributed by atoms with Crippen LogP contribution in [-0.2, 0) is 22.6 Å². The zero-order valence-corrected chi connectivity index (χ0v) is 36.9. The van der Waals surface area contributed by atoms with Crippen LogP contribution in [0, 0.1) is 5.92 Å². The Hall–Kier alpha value is -5.82. The molecule has 0 aliphatic carbocycles. The maximum atomic E-state index is 13.9. The van der Waals surface area contributed by atoms with Crippen molar-refractivity contribution in [2.75, 3.05) is 39.3 Å². The summed E-state index contributed by atoms with van der Waals surface area (Å²) in [5.41, 5.74) is 7.13. The summed E-state index contributed by atoms with van der Waals surface area (Å²) < 4.78 is 45.0. The van der Waals surface area contributed by atoms with Gasteiger partial charge in [0.2, 0.25) is 11.8 Å². The summed E-state index contributed by atoms with van der Waals surface area (Å²) in [4.78, 5) is 49.7. The van der Waals surface area contributed by atoms with Crippen LogP contribution >= 0.6 is 22.7 Å². The molecule has 4 N–H and O–H groups in total. The molecular weight excluding hydrogens is 878 g/mol. The van der Waals surface area contributed by atoms with Crippen molar-refractivity contribution in [3.63, 3.8) is 0 Å². The number of aromatic nitrogens is 2. The van der Waals surface area contributed by atoms with Crippen molar-refractivity contribution < 1.29 is 42.5 Å². The van der Waals surface area contributed by atoms with E-state index in [1.807, 2.05) is 86.3 Å². The first-order valence-electron chi connectivity index (χ1n) is 21.0. The molecule has 1 fully saturated rings. The monoisotopic (exact) mass is 926 g/mol. The van der Waals surface area contributed by atoms with Gasteiger partial charge in [0, 0.05) is 85.7 Å². The van der Waals surface area contributed by atoms with Gasteiger partial charge in [-0.25, -0.2) is 0 Å². The summed E-state index contributed by atoms with van der Waals surface area (Å²) in [5.74, 6) is -1.31. The molecule has 6 heterocycles. The Labute approximate surface area is 382 Å². The van der Waals surface area contributed by atoms with Crippen LogP contribution < -0.4 is 15.4 Å². The molecule has 6 aromatic rings. The van der Waals surface area contributed by atoms with Crippen molar-refractivity contribution in [3.8, 4) is 28.0 Å². The Bertz CT molecular complexity index is 2460. The van der Waals surface area contributed by atoms with Crippen molar-refractivity contribution in [2.45, 2.75) is 49.9 Å². The molecule has 8 rings (SSSR count). The predicted molar refractivity (Wildman–Crippen MR) is 243 cm³/mol. The number of carbonyl (C=O) groups excluding carboxylic acids is 3. The summed E-state index contributed by atoms with van der Waals surface area (Å²) in [5, 5.41) is 35.3. The molecule has 17 heteroatoms. The average molecular weight is 927 g/mol. The topological polar surface area (TPSA) is 157 Å². The van der Waals surface area contributed by atoms with Crippen molar-refractivity contribution in [1.29, 1.82) is 0 Å². The Morgan fingerprint density at radius 1 is 0.877 bits per heavy atom. The van der Waals surface area contributed by atoms with Crippen LogP contribution in [0.4, 0.5) is 13.2 Å². The first kappa shape index (κ1) is 47.2. The lowest BCUT2D eigenvalue weighted by Gasteiger charge is -2.41. The minimum Gasteiger partial charge on any atom is -0.490 e. The summed E-state index contributed by atoms with van der Waals surface area (Å²) in [6.07, 6.45) is 1.28. The van der Waals surface area contributed by atoms with Gasteiger partial charge in [-0.15, -0.1) is 0 Å². The number of para-hydroxylation sites is 1. The van der Waals surface area contributed by atoms with Crippen LogP contribution in [0.25, 0.3) is 22.3 Å². The number of hydrogen-bond donors (Lipinski definition) is 4. The molecule has 65 heavy (non-hydrogen) atoms. The second-order valence-electron chi connectivity index (χ2n) is 16.0. The minimum atomic E-state index is -4.58. The number of amides is 2. The van der Waals surface area contributed by atoms with E-state index in [2.05, 4.69) is 15.3 Å². The maximum Gasteiger partial charge on any atom is 0.405 e. The quantitative estimate of drug-likeness (QED) is 0.0807. The number of benzene rings is 2. The first-order valence-corrected chi connectivity index (χ1v) is 22.9. The zero-order valence-electron chi connectivity index (χ0n) is 35.2. The van der Waals surface area contributed by atoms with Crippen LogP contribution in [-0.4, -0.2) is 112 Å². The zero-order chi connectivity index (χ0) is 45.8. The molecule has 0 saturated carbocycles. The lowest BCUT2D eigenvalue weighted by atomic mass is 9.90. The minimum absolute atomic E-state index is 0.00818. The van der Waals surface area contributed by atoms with Crippen molar-refractivity contribution >= 4 is 40.8 Å². The number of carbonyl (C=O) groups is 3. The van der Waals surface area contributed by atoms with Gasteiger partial charge in [0.15, 0.2) is 6.29 Å². The highest BCUT2D eigenvalue weighted by Crippen LogP contribution is 2.33. The van der Waals surface area contributed by atoms with Gasteiger partial charge in [-0.3, -0.25) is 34.2 Å². The van der Waals surface area contributed by atoms with E-state index < -0.39 is 48.8 Å². The van der Waals surface area contributed by atoms with E-state index in [9.17, 15) is 37.8 Å². The fourth-order valence-corrected chi connectivity index (χ4v) is 9.30. The number of pyridine rings is 2. The van der Waals surface area contributed by atoms with Gasteiger partial charge in [-0.2, -0.15) is 35.8 Å². The number of halogens is 3. The number of aliphatic hydroxyl groups excluding tert-OH is 2. The van der Waals surface area contributed by atoms with Crippen LogP contribution in [0.1, 0.15) is 39.5 Å². The molecule has 2 aliphatic rings. The maximum absolute atomic E-state index is 13.9. The summed E-state index contributed by atoms with van der Waals surface area (Å²) >= 11 is 3.21. The van der Waals surface area contributed by atoms with Gasteiger partial charge in [0.25, 0.3) is 0 Å². The molecule has 12 nitrogen and oxygen atoms in total. The van der Waals surface area contributed by atoms with E-state index in [0.717, 1.165) is 39.7 Å². The van der Waals surface area contributed by atoms with Crippen molar-refractivity contribution in [2.24, 2.45) is 5.92 Å². The molecule has 340 valence electrons. The van der Waals surface area contributed by atoms with E-state index in [0.29, 0.717) is 42.9 Å². The number of piperazine rings is 1. The fourth-order valence-electron chi connectivity index (χ4n) is 7.97. The van der Waals surface area contributed by atoms with Gasteiger partial charge >= 0.3 is 6.18 Å². The van der Waals surface area contributed by atoms with Crippen LogP contribution in [0.3, 0.4) is 0 Å².